The van der Waals surface area contributed by atoms with Crippen LogP contribution in [0.25, 0.3) is 0 Å². The van der Waals surface area contributed by atoms with Gasteiger partial charge in [-0.1, -0.05) is 39.5 Å². The minimum Gasteiger partial charge on any atom is -0.369 e. The van der Waals surface area contributed by atoms with Gasteiger partial charge in [0.25, 0.3) is 0 Å². The molecule has 1 aromatic rings. The van der Waals surface area contributed by atoms with E-state index < -0.39 is 0 Å². The maximum atomic E-state index is 5.55. The molecule has 1 fully saturated rings. The summed E-state index contributed by atoms with van der Waals surface area (Å²) in [4.78, 5) is 8.60. The second-order valence-corrected chi connectivity index (χ2v) is 6.17. The van der Waals surface area contributed by atoms with E-state index in [-0.39, 0.29) is 0 Å². The lowest BCUT2D eigenvalue weighted by atomic mass is 9.76. The van der Waals surface area contributed by atoms with Crippen molar-refractivity contribution in [2.75, 3.05) is 17.3 Å². The van der Waals surface area contributed by atoms with Crippen molar-refractivity contribution in [1.82, 2.24) is 9.97 Å². The molecule has 112 valence electrons. The zero-order chi connectivity index (χ0) is 14.4. The smallest absolute Gasteiger partial charge is 0.148 e. The molecule has 20 heavy (non-hydrogen) atoms. The van der Waals surface area contributed by atoms with Gasteiger partial charge >= 0.3 is 0 Å². The molecule has 0 amide bonds. The maximum absolute atomic E-state index is 5.55. The van der Waals surface area contributed by atoms with E-state index in [9.17, 15) is 0 Å². The molecule has 0 aliphatic heterocycles. The van der Waals surface area contributed by atoms with Crippen LogP contribution in [0.15, 0.2) is 6.33 Å². The molecule has 0 saturated heterocycles. The van der Waals surface area contributed by atoms with Crippen molar-refractivity contribution in [3.8, 4) is 0 Å². The lowest BCUT2D eigenvalue weighted by molar-refractivity contribution is 0.233. The van der Waals surface area contributed by atoms with E-state index in [4.69, 9.17) is 5.84 Å². The van der Waals surface area contributed by atoms with Gasteiger partial charge < -0.3 is 10.7 Å². The minimum atomic E-state index is 0.392. The topological polar surface area (TPSA) is 75.9 Å². The van der Waals surface area contributed by atoms with Gasteiger partial charge in [-0.3, -0.25) is 0 Å². The third kappa shape index (κ3) is 3.60. The second-order valence-electron chi connectivity index (χ2n) is 6.17. The molecular formula is C15H27N5. The number of hydrazine groups is 1. The third-order valence-electron chi connectivity index (χ3n) is 4.33. The van der Waals surface area contributed by atoms with Crippen LogP contribution in [0.5, 0.6) is 0 Å². The molecule has 1 aliphatic rings. The van der Waals surface area contributed by atoms with Crippen LogP contribution in [0.3, 0.4) is 0 Å². The standard InChI is InChI=1S/C15H27N5/c1-3-7-12-13(18-11-19-14(12)20-16)17-10-15(2)8-5-4-6-9-15/h11H,3-10,16H2,1-2H3,(H2,17,18,19,20). The summed E-state index contributed by atoms with van der Waals surface area (Å²) in [6, 6.07) is 0. The van der Waals surface area contributed by atoms with E-state index in [0.29, 0.717) is 5.41 Å². The first-order valence-corrected chi connectivity index (χ1v) is 7.73. The number of anilines is 2. The first kappa shape index (κ1) is 15.0. The highest BCUT2D eigenvalue weighted by Gasteiger charge is 2.27. The molecule has 1 aliphatic carbocycles. The predicted octanol–water partition coefficient (Wildman–Crippen LogP) is 3.10. The predicted molar refractivity (Wildman–Crippen MR) is 83.5 cm³/mol. The molecule has 1 aromatic heterocycles. The van der Waals surface area contributed by atoms with Crippen LogP contribution in [0.4, 0.5) is 11.6 Å². The van der Waals surface area contributed by atoms with Gasteiger partial charge in [0.1, 0.15) is 18.0 Å². The van der Waals surface area contributed by atoms with Crippen molar-refractivity contribution in [3.05, 3.63) is 11.9 Å². The first-order chi connectivity index (χ1) is 9.68. The van der Waals surface area contributed by atoms with Crippen LogP contribution >= 0.6 is 0 Å². The fourth-order valence-electron chi connectivity index (χ4n) is 3.06. The van der Waals surface area contributed by atoms with Gasteiger partial charge in [-0.15, -0.1) is 0 Å². The number of rotatable bonds is 6. The summed E-state index contributed by atoms with van der Waals surface area (Å²) >= 11 is 0. The Balaban J connectivity index is 2.08. The molecule has 0 unspecified atom stereocenters. The molecule has 5 heteroatoms. The molecule has 1 heterocycles. The zero-order valence-corrected chi connectivity index (χ0v) is 12.7. The number of nitrogens with zero attached hydrogens (tertiary/aromatic N) is 2. The molecule has 2 rings (SSSR count). The molecule has 5 nitrogen and oxygen atoms in total. The zero-order valence-electron chi connectivity index (χ0n) is 12.7. The highest BCUT2D eigenvalue weighted by molar-refractivity contribution is 5.57. The van der Waals surface area contributed by atoms with E-state index in [2.05, 4.69) is 34.6 Å². The Labute approximate surface area is 121 Å². The van der Waals surface area contributed by atoms with Crippen molar-refractivity contribution in [3.63, 3.8) is 0 Å². The number of nitrogens with one attached hydrogen (secondary N) is 2. The highest BCUT2D eigenvalue weighted by atomic mass is 15.3. The van der Waals surface area contributed by atoms with E-state index in [0.717, 1.165) is 36.6 Å². The summed E-state index contributed by atoms with van der Waals surface area (Å²) in [7, 11) is 0. The van der Waals surface area contributed by atoms with Gasteiger partial charge in [0, 0.05) is 12.1 Å². The molecular weight excluding hydrogens is 250 g/mol. The maximum Gasteiger partial charge on any atom is 0.148 e. The van der Waals surface area contributed by atoms with Crippen LogP contribution in [0.2, 0.25) is 0 Å². The van der Waals surface area contributed by atoms with E-state index in [1.165, 1.54) is 32.1 Å². The number of aromatic nitrogens is 2. The van der Waals surface area contributed by atoms with Crippen molar-refractivity contribution in [2.24, 2.45) is 11.3 Å². The third-order valence-corrected chi connectivity index (χ3v) is 4.33. The Morgan fingerprint density at radius 1 is 1.20 bits per heavy atom. The number of nitrogens with two attached hydrogens (primary N) is 1. The van der Waals surface area contributed by atoms with Gasteiger partial charge in [-0.2, -0.15) is 0 Å². The van der Waals surface area contributed by atoms with E-state index in [1.54, 1.807) is 6.33 Å². The van der Waals surface area contributed by atoms with Crippen molar-refractivity contribution in [2.45, 2.75) is 58.8 Å². The van der Waals surface area contributed by atoms with Gasteiger partial charge in [-0.05, 0) is 24.7 Å². The molecule has 0 radical (unpaired) electrons. The summed E-state index contributed by atoms with van der Waals surface area (Å²) in [5.74, 6) is 7.21. The monoisotopic (exact) mass is 277 g/mol. The Kier molecular flexibility index (Phi) is 5.17. The second kappa shape index (κ2) is 6.88. The number of hydrogen-bond donors (Lipinski definition) is 3. The van der Waals surface area contributed by atoms with E-state index >= 15 is 0 Å². The molecule has 0 atom stereocenters. The van der Waals surface area contributed by atoms with Crippen LogP contribution in [-0.2, 0) is 6.42 Å². The molecule has 0 bridgehead atoms. The van der Waals surface area contributed by atoms with Crippen molar-refractivity contribution < 1.29 is 0 Å². The van der Waals surface area contributed by atoms with Crippen molar-refractivity contribution in [1.29, 1.82) is 0 Å². The highest BCUT2D eigenvalue weighted by Crippen LogP contribution is 2.36. The Hall–Kier alpha value is -1.36. The number of nitrogen functional groups attached to an aromatic ring is 1. The summed E-state index contributed by atoms with van der Waals surface area (Å²) in [5, 5.41) is 3.54. The van der Waals surface area contributed by atoms with Crippen LogP contribution < -0.4 is 16.6 Å². The Morgan fingerprint density at radius 3 is 2.55 bits per heavy atom. The van der Waals surface area contributed by atoms with E-state index in [1.807, 2.05) is 0 Å². The molecule has 0 aromatic carbocycles. The summed E-state index contributed by atoms with van der Waals surface area (Å²) < 4.78 is 0. The van der Waals surface area contributed by atoms with Gasteiger partial charge in [0.2, 0.25) is 0 Å². The first-order valence-electron chi connectivity index (χ1n) is 7.73. The van der Waals surface area contributed by atoms with Crippen LogP contribution in [0, 0.1) is 5.41 Å². The molecule has 4 N–H and O–H groups in total. The summed E-state index contributed by atoms with van der Waals surface area (Å²) in [5.41, 5.74) is 4.16. The van der Waals surface area contributed by atoms with Crippen molar-refractivity contribution >= 4 is 11.6 Å². The van der Waals surface area contributed by atoms with Gasteiger partial charge in [0.05, 0.1) is 0 Å². The average Bonchev–Trinajstić information content (AvgIpc) is 2.47. The lowest BCUT2D eigenvalue weighted by Gasteiger charge is -2.34. The van der Waals surface area contributed by atoms with Gasteiger partial charge in [-0.25, -0.2) is 15.8 Å². The lowest BCUT2D eigenvalue weighted by Crippen LogP contribution is -2.29. The van der Waals surface area contributed by atoms with Crippen LogP contribution in [0.1, 0.15) is 57.9 Å². The summed E-state index contributed by atoms with van der Waals surface area (Å²) in [6.45, 7) is 5.51. The Bertz CT molecular complexity index is 426. The molecule has 0 spiro atoms. The Morgan fingerprint density at radius 2 is 1.90 bits per heavy atom. The minimum absolute atomic E-state index is 0.392. The fourth-order valence-corrected chi connectivity index (χ4v) is 3.06. The quantitative estimate of drug-likeness (QED) is 0.550. The largest absolute Gasteiger partial charge is 0.369 e. The fraction of sp³-hybridized carbons (Fsp3) is 0.733. The number of hydrogen-bond acceptors (Lipinski definition) is 5. The molecule has 1 saturated carbocycles. The van der Waals surface area contributed by atoms with Crippen LogP contribution in [-0.4, -0.2) is 16.5 Å². The summed E-state index contributed by atoms with van der Waals surface area (Å²) in [6.07, 6.45) is 10.2. The average molecular weight is 277 g/mol. The van der Waals surface area contributed by atoms with Gasteiger partial charge in [0.15, 0.2) is 0 Å². The normalized spacial score (nSPS) is 17.8. The SMILES string of the molecule is CCCc1c(NN)ncnc1NCC1(C)CCCCC1.